The van der Waals surface area contributed by atoms with Crippen molar-refractivity contribution in [1.82, 2.24) is 15.6 Å². The molecule has 15 heavy (non-hydrogen) atoms. The fourth-order valence-electron chi connectivity index (χ4n) is 1.88. The summed E-state index contributed by atoms with van der Waals surface area (Å²) in [5.74, 6) is 0. The molecule has 2 heterocycles. The van der Waals surface area contributed by atoms with Crippen LogP contribution in [0.2, 0.25) is 0 Å². The molecule has 0 saturated carbocycles. The summed E-state index contributed by atoms with van der Waals surface area (Å²) in [7, 11) is 0. The van der Waals surface area contributed by atoms with Crippen LogP contribution in [-0.4, -0.2) is 30.2 Å². The second-order valence-electron chi connectivity index (χ2n) is 4.05. The van der Waals surface area contributed by atoms with Crippen molar-refractivity contribution in [2.24, 2.45) is 5.73 Å². The van der Waals surface area contributed by atoms with Gasteiger partial charge in [-0.3, -0.25) is 4.98 Å². The minimum absolute atomic E-state index is 0.278. The number of nitrogens with zero attached hydrogens (tertiary/aromatic N) is 1. The smallest absolute Gasteiger partial charge is 0.0541 e. The van der Waals surface area contributed by atoms with Gasteiger partial charge in [-0.1, -0.05) is 6.07 Å². The van der Waals surface area contributed by atoms with E-state index in [0.717, 1.165) is 31.7 Å². The van der Waals surface area contributed by atoms with Gasteiger partial charge < -0.3 is 16.4 Å². The first-order chi connectivity index (χ1) is 7.34. The number of hydrogen-bond acceptors (Lipinski definition) is 4. The van der Waals surface area contributed by atoms with Gasteiger partial charge in [0.05, 0.1) is 5.69 Å². The fraction of sp³-hybridized carbons (Fsp3) is 0.545. The molecule has 0 unspecified atom stereocenters. The molecule has 4 heteroatoms. The van der Waals surface area contributed by atoms with Gasteiger partial charge in [-0.15, -0.1) is 0 Å². The first kappa shape index (κ1) is 10.5. The molecule has 1 aromatic heterocycles. The molecule has 82 valence electrons. The average Bonchev–Trinajstić information content (AvgIpc) is 2.28. The van der Waals surface area contributed by atoms with Crippen LogP contribution >= 0.6 is 0 Å². The number of pyridine rings is 1. The Morgan fingerprint density at radius 2 is 2.40 bits per heavy atom. The van der Waals surface area contributed by atoms with E-state index in [0.29, 0.717) is 6.04 Å². The van der Waals surface area contributed by atoms with Gasteiger partial charge in [0, 0.05) is 37.9 Å². The lowest BCUT2D eigenvalue weighted by molar-refractivity contribution is 0.354. The summed E-state index contributed by atoms with van der Waals surface area (Å²) in [5, 5.41) is 6.78. The molecule has 1 aromatic rings. The molecule has 2 rings (SSSR count). The van der Waals surface area contributed by atoms with E-state index in [-0.39, 0.29) is 6.04 Å². The Balaban J connectivity index is 1.78. The van der Waals surface area contributed by atoms with E-state index in [2.05, 4.69) is 15.6 Å². The van der Waals surface area contributed by atoms with Crippen LogP contribution in [-0.2, 0) is 6.54 Å². The van der Waals surface area contributed by atoms with Gasteiger partial charge in [0.15, 0.2) is 0 Å². The highest BCUT2D eigenvalue weighted by molar-refractivity contribution is 5.03. The zero-order valence-electron chi connectivity index (χ0n) is 8.82. The normalized spacial score (nSPS) is 26.5. The Morgan fingerprint density at radius 1 is 1.47 bits per heavy atom. The van der Waals surface area contributed by atoms with Crippen molar-refractivity contribution in [2.75, 3.05) is 13.1 Å². The molecular formula is C11H18N4. The molecule has 0 aliphatic carbocycles. The predicted octanol–water partition coefficient (Wildman–Crippen LogP) is -0.140. The standard InChI is InChI=1S/C11H18N4/c12-9-5-11(7-13-6-9)15-8-10-3-1-2-4-14-10/h1-4,9,11,13,15H,5-8,12H2/t9-,11+/m1/s1. The minimum atomic E-state index is 0.278. The monoisotopic (exact) mass is 206 g/mol. The summed E-state index contributed by atoms with van der Waals surface area (Å²) >= 11 is 0. The molecule has 0 amide bonds. The number of piperidine rings is 1. The summed E-state index contributed by atoms with van der Waals surface area (Å²) < 4.78 is 0. The van der Waals surface area contributed by atoms with Gasteiger partial charge in [-0.25, -0.2) is 0 Å². The van der Waals surface area contributed by atoms with Crippen molar-refractivity contribution in [2.45, 2.75) is 25.0 Å². The Hall–Kier alpha value is -0.970. The van der Waals surface area contributed by atoms with Gasteiger partial charge >= 0.3 is 0 Å². The topological polar surface area (TPSA) is 63.0 Å². The third-order valence-corrected chi connectivity index (χ3v) is 2.68. The fourth-order valence-corrected chi connectivity index (χ4v) is 1.88. The van der Waals surface area contributed by atoms with E-state index in [4.69, 9.17) is 5.73 Å². The molecule has 1 aliphatic rings. The molecule has 2 atom stereocenters. The number of nitrogens with one attached hydrogen (secondary N) is 2. The highest BCUT2D eigenvalue weighted by Gasteiger charge is 2.17. The molecule has 0 bridgehead atoms. The van der Waals surface area contributed by atoms with Crippen molar-refractivity contribution < 1.29 is 0 Å². The molecule has 4 N–H and O–H groups in total. The second-order valence-corrected chi connectivity index (χ2v) is 4.05. The quantitative estimate of drug-likeness (QED) is 0.644. The zero-order chi connectivity index (χ0) is 10.5. The largest absolute Gasteiger partial charge is 0.326 e. The van der Waals surface area contributed by atoms with Crippen LogP contribution in [0, 0.1) is 0 Å². The summed E-state index contributed by atoms with van der Waals surface area (Å²) in [6.45, 7) is 2.75. The summed E-state index contributed by atoms with van der Waals surface area (Å²) in [6, 6.07) is 6.72. The van der Waals surface area contributed by atoms with Crippen molar-refractivity contribution >= 4 is 0 Å². The number of rotatable bonds is 3. The van der Waals surface area contributed by atoms with Crippen LogP contribution in [0.1, 0.15) is 12.1 Å². The van der Waals surface area contributed by atoms with Gasteiger partial charge in [-0.05, 0) is 18.6 Å². The molecule has 1 fully saturated rings. The lowest BCUT2D eigenvalue weighted by Gasteiger charge is -2.28. The third-order valence-electron chi connectivity index (χ3n) is 2.68. The SMILES string of the molecule is N[C@H]1CNC[C@@H](NCc2ccccn2)C1. The molecule has 1 saturated heterocycles. The van der Waals surface area contributed by atoms with E-state index in [1.807, 2.05) is 24.4 Å². The maximum atomic E-state index is 5.88. The molecule has 1 aliphatic heterocycles. The van der Waals surface area contributed by atoms with E-state index in [9.17, 15) is 0 Å². The third kappa shape index (κ3) is 3.27. The number of aromatic nitrogens is 1. The number of hydrogen-bond donors (Lipinski definition) is 3. The maximum Gasteiger partial charge on any atom is 0.0541 e. The molecular weight excluding hydrogens is 188 g/mol. The van der Waals surface area contributed by atoms with Crippen LogP contribution in [0.3, 0.4) is 0 Å². The number of nitrogens with two attached hydrogens (primary N) is 1. The Labute approximate surface area is 90.3 Å². The van der Waals surface area contributed by atoms with E-state index in [1.54, 1.807) is 0 Å². The van der Waals surface area contributed by atoms with E-state index < -0.39 is 0 Å². The summed E-state index contributed by atoms with van der Waals surface area (Å²) in [4.78, 5) is 4.27. The van der Waals surface area contributed by atoms with Crippen LogP contribution < -0.4 is 16.4 Å². The average molecular weight is 206 g/mol. The van der Waals surface area contributed by atoms with E-state index in [1.165, 1.54) is 0 Å². The van der Waals surface area contributed by atoms with Crippen LogP contribution in [0.5, 0.6) is 0 Å². The molecule has 0 radical (unpaired) electrons. The van der Waals surface area contributed by atoms with Crippen molar-refractivity contribution in [3.8, 4) is 0 Å². The molecule has 4 nitrogen and oxygen atoms in total. The molecule has 0 spiro atoms. The highest BCUT2D eigenvalue weighted by atomic mass is 15.0. The van der Waals surface area contributed by atoms with Gasteiger partial charge in [0.1, 0.15) is 0 Å². The van der Waals surface area contributed by atoms with Crippen molar-refractivity contribution in [3.05, 3.63) is 30.1 Å². The second kappa shape index (κ2) is 5.21. The van der Waals surface area contributed by atoms with Crippen LogP contribution in [0.4, 0.5) is 0 Å². The lowest BCUT2D eigenvalue weighted by atomic mass is 10.0. The van der Waals surface area contributed by atoms with E-state index >= 15 is 0 Å². The predicted molar refractivity (Wildman–Crippen MR) is 60.3 cm³/mol. The zero-order valence-corrected chi connectivity index (χ0v) is 8.82. The van der Waals surface area contributed by atoms with Crippen molar-refractivity contribution in [3.63, 3.8) is 0 Å². The minimum Gasteiger partial charge on any atom is -0.326 e. The van der Waals surface area contributed by atoms with Crippen LogP contribution in [0.15, 0.2) is 24.4 Å². The van der Waals surface area contributed by atoms with Gasteiger partial charge in [0.25, 0.3) is 0 Å². The molecule has 0 aromatic carbocycles. The highest BCUT2D eigenvalue weighted by Crippen LogP contribution is 2.02. The Kier molecular flexibility index (Phi) is 3.66. The Morgan fingerprint density at radius 3 is 3.13 bits per heavy atom. The van der Waals surface area contributed by atoms with Gasteiger partial charge in [0.2, 0.25) is 0 Å². The van der Waals surface area contributed by atoms with Gasteiger partial charge in [-0.2, -0.15) is 0 Å². The lowest BCUT2D eigenvalue weighted by Crippen LogP contribution is -2.51. The van der Waals surface area contributed by atoms with Crippen LogP contribution in [0.25, 0.3) is 0 Å². The first-order valence-electron chi connectivity index (χ1n) is 5.44. The van der Waals surface area contributed by atoms with Crippen molar-refractivity contribution in [1.29, 1.82) is 0 Å². The maximum absolute atomic E-state index is 5.88. The first-order valence-corrected chi connectivity index (χ1v) is 5.44. The Bertz CT molecular complexity index is 288. The summed E-state index contributed by atoms with van der Waals surface area (Å²) in [6.07, 6.45) is 2.86. The summed E-state index contributed by atoms with van der Waals surface area (Å²) in [5.41, 5.74) is 6.96.